The topological polar surface area (TPSA) is 31.0 Å². The SMILES string of the molecule is COc1ccc(Br)cc1C[NH+]1CC[NH+](Cc2cccnc2)CC1. The van der Waals surface area contributed by atoms with Gasteiger partial charge in [0.05, 0.1) is 7.11 Å². The lowest BCUT2D eigenvalue weighted by molar-refractivity contribution is -1.02. The van der Waals surface area contributed by atoms with Gasteiger partial charge in [-0.05, 0) is 24.3 Å². The number of hydrogen-bond donors (Lipinski definition) is 2. The van der Waals surface area contributed by atoms with Crippen LogP contribution in [0.2, 0.25) is 0 Å². The van der Waals surface area contributed by atoms with Crippen LogP contribution in [0.1, 0.15) is 11.1 Å². The van der Waals surface area contributed by atoms with Gasteiger partial charge in [0.1, 0.15) is 45.0 Å². The Bertz CT molecular complexity index is 627. The molecule has 1 aromatic heterocycles. The van der Waals surface area contributed by atoms with Crippen LogP contribution in [0.3, 0.4) is 0 Å². The van der Waals surface area contributed by atoms with Crippen LogP contribution in [0.25, 0.3) is 0 Å². The van der Waals surface area contributed by atoms with Crippen LogP contribution in [0.4, 0.5) is 0 Å². The molecule has 2 N–H and O–H groups in total. The van der Waals surface area contributed by atoms with Crippen molar-refractivity contribution in [2.45, 2.75) is 13.1 Å². The molecule has 1 saturated heterocycles. The van der Waals surface area contributed by atoms with Gasteiger partial charge in [0.2, 0.25) is 0 Å². The lowest BCUT2D eigenvalue weighted by Gasteiger charge is -2.30. The van der Waals surface area contributed by atoms with Gasteiger partial charge in [-0.1, -0.05) is 22.0 Å². The minimum atomic E-state index is 0.992. The van der Waals surface area contributed by atoms with Crippen molar-refractivity contribution in [2.24, 2.45) is 0 Å². The number of hydrogen-bond acceptors (Lipinski definition) is 2. The van der Waals surface area contributed by atoms with E-state index in [-0.39, 0.29) is 0 Å². The summed E-state index contributed by atoms with van der Waals surface area (Å²) in [6.07, 6.45) is 3.82. The van der Waals surface area contributed by atoms with Crippen molar-refractivity contribution in [3.8, 4) is 5.75 Å². The zero-order chi connectivity index (χ0) is 16.1. The summed E-state index contributed by atoms with van der Waals surface area (Å²) in [5.74, 6) is 0.992. The van der Waals surface area contributed by atoms with E-state index in [2.05, 4.69) is 33.0 Å². The van der Waals surface area contributed by atoms with Crippen molar-refractivity contribution in [3.05, 3.63) is 58.3 Å². The number of quaternary nitrogens is 2. The molecule has 0 spiro atoms. The first-order valence-corrected chi connectivity index (χ1v) is 8.92. The van der Waals surface area contributed by atoms with Crippen LogP contribution in [-0.4, -0.2) is 38.3 Å². The normalized spacial score (nSPS) is 21.1. The van der Waals surface area contributed by atoms with Crippen LogP contribution in [0.15, 0.2) is 47.2 Å². The maximum absolute atomic E-state index is 5.50. The summed E-state index contributed by atoms with van der Waals surface area (Å²) in [5.41, 5.74) is 2.62. The van der Waals surface area contributed by atoms with E-state index in [0.29, 0.717) is 0 Å². The van der Waals surface area contributed by atoms with Gasteiger partial charge < -0.3 is 14.5 Å². The van der Waals surface area contributed by atoms with E-state index in [1.54, 1.807) is 16.9 Å². The van der Waals surface area contributed by atoms with Gasteiger partial charge in [0.15, 0.2) is 0 Å². The third-order valence-electron chi connectivity index (χ3n) is 4.52. The molecule has 0 saturated carbocycles. The number of pyridine rings is 1. The van der Waals surface area contributed by atoms with E-state index in [9.17, 15) is 0 Å². The monoisotopic (exact) mass is 377 g/mol. The molecular formula is C18H24BrN3O+2. The van der Waals surface area contributed by atoms with Gasteiger partial charge in [-0.15, -0.1) is 0 Å². The van der Waals surface area contributed by atoms with Crippen LogP contribution in [0, 0.1) is 0 Å². The maximum atomic E-state index is 5.50. The molecule has 23 heavy (non-hydrogen) atoms. The molecular weight excluding hydrogens is 354 g/mol. The summed E-state index contributed by atoms with van der Waals surface area (Å²) in [6, 6.07) is 10.5. The summed E-state index contributed by atoms with van der Waals surface area (Å²) in [7, 11) is 1.75. The minimum Gasteiger partial charge on any atom is -0.496 e. The van der Waals surface area contributed by atoms with Gasteiger partial charge in [-0.25, -0.2) is 0 Å². The quantitative estimate of drug-likeness (QED) is 0.786. The Morgan fingerprint density at radius 3 is 2.48 bits per heavy atom. The fourth-order valence-electron chi connectivity index (χ4n) is 3.26. The van der Waals surface area contributed by atoms with Crippen LogP contribution < -0.4 is 14.5 Å². The highest BCUT2D eigenvalue weighted by molar-refractivity contribution is 9.10. The largest absolute Gasteiger partial charge is 0.496 e. The number of piperazine rings is 1. The fraction of sp³-hybridized carbons (Fsp3) is 0.389. The van der Waals surface area contributed by atoms with E-state index in [1.165, 1.54) is 37.3 Å². The number of methoxy groups -OCH3 is 1. The molecule has 2 heterocycles. The van der Waals surface area contributed by atoms with Crippen molar-refractivity contribution in [3.63, 3.8) is 0 Å². The highest BCUT2D eigenvalue weighted by atomic mass is 79.9. The van der Waals surface area contributed by atoms with Gasteiger partial charge in [0.25, 0.3) is 0 Å². The molecule has 0 bridgehead atoms. The summed E-state index contributed by atoms with van der Waals surface area (Å²) < 4.78 is 6.61. The summed E-state index contributed by atoms with van der Waals surface area (Å²) >= 11 is 3.56. The standard InChI is InChI=1S/C18H22BrN3O/c1-23-18-5-4-17(19)11-16(18)14-22-9-7-21(8-10-22)13-15-3-2-6-20-12-15/h2-6,11-12H,7-10,13-14H2,1H3/p+2. The van der Waals surface area contributed by atoms with E-state index in [1.807, 2.05) is 30.6 Å². The zero-order valence-electron chi connectivity index (χ0n) is 13.5. The summed E-state index contributed by atoms with van der Waals surface area (Å²) in [4.78, 5) is 7.50. The second kappa shape index (κ2) is 7.90. The van der Waals surface area contributed by atoms with Crippen molar-refractivity contribution in [1.82, 2.24) is 4.98 Å². The number of aromatic nitrogens is 1. The number of rotatable bonds is 5. The smallest absolute Gasteiger partial charge is 0.127 e. The second-order valence-electron chi connectivity index (χ2n) is 6.17. The van der Waals surface area contributed by atoms with Gasteiger partial charge in [-0.3, -0.25) is 4.98 Å². The third-order valence-corrected chi connectivity index (χ3v) is 5.02. The molecule has 1 fully saturated rings. The van der Waals surface area contributed by atoms with Crippen LogP contribution in [0.5, 0.6) is 5.75 Å². The minimum absolute atomic E-state index is 0.992. The Kier molecular flexibility index (Phi) is 5.65. The molecule has 0 aliphatic carbocycles. The molecule has 0 amide bonds. The van der Waals surface area contributed by atoms with E-state index < -0.39 is 0 Å². The molecule has 3 rings (SSSR count). The van der Waals surface area contributed by atoms with Crippen molar-refractivity contribution in [1.29, 1.82) is 0 Å². The zero-order valence-corrected chi connectivity index (χ0v) is 15.1. The Morgan fingerprint density at radius 2 is 1.83 bits per heavy atom. The Morgan fingerprint density at radius 1 is 1.09 bits per heavy atom. The molecule has 5 heteroatoms. The Labute approximate surface area is 146 Å². The lowest BCUT2D eigenvalue weighted by atomic mass is 10.1. The second-order valence-corrected chi connectivity index (χ2v) is 7.09. The average Bonchev–Trinajstić information content (AvgIpc) is 2.58. The number of nitrogens with one attached hydrogen (secondary N) is 2. The third kappa shape index (κ3) is 4.53. The van der Waals surface area contributed by atoms with Crippen molar-refractivity contribution < 1.29 is 14.5 Å². The van der Waals surface area contributed by atoms with Crippen LogP contribution in [-0.2, 0) is 13.1 Å². The number of nitrogens with zero attached hydrogens (tertiary/aromatic N) is 1. The van der Waals surface area contributed by atoms with Gasteiger partial charge in [-0.2, -0.15) is 0 Å². The Balaban J connectivity index is 1.54. The molecule has 1 aromatic carbocycles. The highest BCUT2D eigenvalue weighted by Crippen LogP contribution is 2.22. The predicted molar refractivity (Wildman–Crippen MR) is 93.7 cm³/mol. The lowest BCUT2D eigenvalue weighted by Crippen LogP contribution is -3.27. The summed E-state index contributed by atoms with van der Waals surface area (Å²) in [6.45, 7) is 6.93. The molecule has 2 aromatic rings. The van der Waals surface area contributed by atoms with Gasteiger partial charge >= 0.3 is 0 Å². The van der Waals surface area contributed by atoms with Crippen molar-refractivity contribution in [2.75, 3.05) is 33.3 Å². The molecule has 4 nitrogen and oxygen atoms in total. The average molecular weight is 378 g/mol. The number of halogens is 1. The Hall–Kier alpha value is -1.43. The fourth-order valence-corrected chi connectivity index (χ4v) is 3.67. The highest BCUT2D eigenvalue weighted by Gasteiger charge is 2.24. The van der Waals surface area contributed by atoms with E-state index >= 15 is 0 Å². The first-order chi connectivity index (χ1) is 11.2. The van der Waals surface area contributed by atoms with Crippen molar-refractivity contribution >= 4 is 15.9 Å². The molecule has 122 valence electrons. The predicted octanol–water partition coefficient (Wildman–Crippen LogP) is 0.336. The number of benzene rings is 1. The molecule has 0 radical (unpaired) electrons. The van der Waals surface area contributed by atoms with Gasteiger partial charge in [0, 0.05) is 28.0 Å². The van der Waals surface area contributed by atoms with E-state index in [0.717, 1.165) is 23.3 Å². The molecule has 0 unspecified atom stereocenters. The van der Waals surface area contributed by atoms with Crippen LogP contribution >= 0.6 is 15.9 Å². The molecule has 1 aliphatic rings. The maximum Gasteiger partial charge on any atom is 0.127 e. The first-order valence-electron chi connectivity index (χ1n) is 8.13. The van der Waals surface area contributed by atoms with E-state index in [4.69, 9.17) is 4.74 Å². The number of ether oxygens (including phenoxy) is 1. The molecule has 1 aliphatic heterocycles. The molecule has 0 atom stereocenters. The first kappa shape index (κ1) is 16.4. The summed E-state index contributed by atoms with van der Waals surface area (Å²) in [5, 5.41) is 0.